The first-order valence-corrected chi connectivity index (χ1v) is 10.5. The smallest absolute Gasteiger partial charge is 0.332 e. The zero-order chi connectivity index (χ0) is 23.2. The van der Waals surface area contributed by atoms with Gasteiger partial charge in [-0.25, -0.2) is 9.69 Å². The summed E-state index contributed by atoms with van der Waals surface area (Å²) in [5.74, 6) is -1.32. The van der Waals surface area contributed by atoms with Crippen LogP contribution in [0, 0.1) is 11.3 Å². The number of imide groups is 1. The van der Waals surface area contributed by atoms with Crippen LogP contribution in [0.25, 0.3) is 0 Å². The lowest BCUT2D eigenvalue weighted by atomic mass is 9.80. The number of anilines is 1. The molecule has 2 fully saturated rings. The van der Waals surface area contributed by atoms with Crippen molar-refractivity contribution in [2.45, 2.75) is 17.8 Å². The van der Waals surface area contributed by atoms with Gasteiger partial charge >= 0.3 is 6.03 Å². The predicted molar refractivity (Wildman–Crippen MR) is 121 cm³/mol. The number of likely N-dealkylation sites (N-methyl/N-ethyl adjacent to an activating group) is 1. The van der Waals surface area contributed by atoms with Gasteiger partial charge in [-0.3, -0.25) is 9.59 Å². The van der Waals surface area contributed by atoms with E-state index in [1.807, 2.05) is 0 Å². The van der Waals surface area contributed by atoms with E-state index in [2.05, 4.69) is 6.07 Å². The molecule has 2 aliphatic heterocycles. The lowest BCUT2D eigenvalue weighted by Crippen LogP contribution is -2.54. The molecular formula is C22H17BCl2N4O3. The summed E-state index contributed by atoms with van der Waals surface area (Å²) in [6.45, 7) is 0.203. The molecule has 2 saturated heterocycles. The van der Waals surface area contributed by atoms with E-state index < -0.39 is 23.4 Å². The fraction of sp³-hybridized carbons (Fsp3) is 0.273. The van der Waals surface area contributed by atoms with Gasteiger partial charge in [0.1, 0.15) is 5.54 Å². The number of carbonyl (C=O) groups excluding carboxylic acids is 3. The van der Waals surface area contributed by atoms with Crippen LogP contribution in [-0.4, -0.2) is 61.2 Å². The first-order valence-electron chi connectivity index (χ1n) is 9.79. The van der Waals surface area contributed by atoms with Crippen molar-refractivity contribution in [1.82, 2.24) is 9.80 Å². The number of urea groups is 1. The lowest BCUT2D eigenvalue weighted by Gasteiger charge is -2.33. The molecule has 32 heavy (non-hydrogen) atoms. The highest BCUT2D eigenvalue weighted by Crippen LogP contribution is 2.46. The molecule has 0 aromatic heterocycles. The average Bonchev–Trinajstić information content (AvgIpc) is 3.26. The molecule has 2 heterocycles. The highest BCUT2D eigenvalue weighted by Gasteiger charge is 2.64. The van der Waals surface area contributed by atoms with Gasteiger partial charge < -0.3 is 9.80 Å². The van der Waals surface area contributed by atoms with Crippen LogP contribution >= 0.6 is 23.2 Å². The second kappa shape index (κ2) is 8.16. The molecule has 0 unspecified atom stereocenters. The van der Waals surface area contributed by atoms with Gasteiger partial charge in [-0.2, -0.15) is 5.26 Å². The summed E-state index contributed by atoms with van der Waals surface area (Å²) in [6.07, 6.45) is -0.213. The van der Waals surface area contributed by atoms with Crippen molar-refractivity contribution in [3.63, 3.8) is 0 Å². The van der Waals surface area contributed by atoms with Crippen molar-refractivity contribution in [3.8, 4) is 6.07 Å². The molecule has 2 aromatic rings. The van der Waals surface area contributed by atoms with Crippen LogP contribution in [0.4, 0.5) is 10.5 Å². The molecule has 1 spiro atoms. The molecule has 10 heteroatoms. The Morgan fingerprint density at radius 3 is 2.38 bits per heavy atom. The number of nitrogens with zero attached hydrogens (tertiary/aromatic N) is 4. The van der Waals surface area contributed by atoms with Crippen molar-refractivity contribution in [2.24, 2.45) is 0 Å². The van der Waals surface area contributed by atoms with Crippen LogP contribution in [0.5, 0.6) is 0 Å². The zero-order valence-corrected chi connectivity index (χ0v) is 18.6. The van der Waals surface area contributed by atoms with Gasteiger partial charge in [0.05, 0.1) is 31.7 Å². The summed E-state index contributed by atoms with van der Waals surface area (Å²) in [6, 6.07) is 12.8. The van der Waals surface area contributed by atoms with Crippen molar-refractivity contribution in [3.05, 3.63) is 63.6 Å². The summed E-state index contributed by atoms with van der Waals surface area (Å²) in [5.41, 5.74) is 0.108. The Labute approximate surface area is 196 Å². The van der Waals surface area contributed by atoms with E-state index in [9.17, 15) is 14.4 Å². The molecule has 0 bridgehead atoms. The Hall–Kier alpha value is -3.02. The Morgan fingerprint density at radius 2 is 1.81 bits per heavy atom. The van der Waals surface area contributed by atoms with Crippen molar-refractivity contribution in [1.29, 1.82) is 5.26 Å². The molecule has 7 nitrogen and oxygen atoms in total. The van der Waals surface area contributed by atoms with E-state index in [1.165, 1.54) is 28.0 Å². The SMILES string of the molecule is [B]CC(=O)N1C[C@@H](c2ccc(C#N)cc2)[C@]2(C1)C(=O)N(c1cc(Cl)cc(Cl)c1)C(=O)N2C. The van der Waals surface area contributed by atoms with E-state index in [0.29, 0.717) is 5.56 Å². The number of carbonyl (C=O) groups is 3. The molecule has 0 aliphatic carbocycles. The number of hydrogen-bond donors (Lipinski definition) is 0. The molecule has 2 atom stereocenters. The molecule has 0 saturated carbocycles. The largest absolute Gasteiger partial charge is 0.340 e. The van der Waals surface area contributed by atoms with Crippen molar-refractivity contribution >= 4 is 54.6 Å². The molecule has 4 amide bonds. The Morgan fingerprint density at radius 1 is 1.19 bits per heavy atom. The van der Waals surface area contributed by atoms with Gasteiger partial charge in [-0.1, -0.05) is 35.3 Å². The minimum absolute atomic E-state index is 0.000424. The number of rotatable bonds is 3. The second-order valence-electron chi connectivity index (χ2n) is 7.80. The van der Waals surface area contributed by atoms with Crippen LogP contribution in [-0.2, 0) is 9.59 Å². The number of halogens is 2. The first kappa shape index (κ1) is 22.2. The fourth-order valence-electron chi connectivity index (χ4n) is 4.52. The van der Waals surface area contributed by atoms with Gasteiger partial charge in [0.2, 0.25) is 5.91 Å². The van der Waals surface area contributed by atoms with Crippen LogP contribution in [0.15, 0.2) is 42.5 Å². The van der Waals surface area contributed by atoms with Gasteiger partial charge in [0.15, 0.2) is 0 Å². The van der Waals surface area contributed by atoms with Crippen LogP contribution in [0.3, 0.4) is 0 Å². The minimum Gasteiger partial charge on any atom is -0.340 e. The maximum atomic E-state index is 13.9. The van der Waals surface area contributed by atoms with Crippen molar-refractivity contribution < 1.29 is 14.4 Å². The highest BCUT2D eigenvalue weighted by atomic mass is 35.5. The van der Waals surface area contributed by atoms with Crippen LogP contribution in [0.2, 0.25) is 16.4 Å². The maximum Gasteiger partial charge on any atom is 0.332 e. The standard InChI is InChI=1S/C22H17BCl2N4O3/c1-27-21(32)29(17-7-15(24)6-16(25)8-17)20(31)22(27)12-28(19(30)9-23)11-18(22)14-4-2-13(10-26)3-5-14/h2-8,18H,9,11-12H2,1H3/t18-,22+/m0/s1. The average molecular weight is 467 g/mol. The molecule has 2 aromatic carbocycles. The molecule has 4 rings (SSSR count). The number of amides is 4. The Kier molecular flexibility index (Phi) is 5.66. The van der Waals surface area contributed by atoms with E-state index in [1.54, 1.807) is 31.3 Å². The summed E-state index contributed by atoms with van der Waals surface area (Å²) >= 11 is 12.2. The summed E-state index contributed by atoms with van der Waals surface area (Å²) < 4.78 is 0. The molecule has 0 N–H and O–H groups in total. The second-order valence-corrected chi connectivity index (χ2v) is 8.67. The highest BCUT2D eigenvalue weighted by molar-refractivity contribution is 6.36. The summed E-state index contributed by atoms with van der Waals surface area (Å²) in [7, 11) is 7.12. The molecular weight excluding hydrogens is 450 g/mol. The van der Waals surface area contributed by atoms with Crippen LogP contribution < -0.4 is 4.90 Å². The van der Waals surface area contributed by atoms with Gasteiger partial charge in [-0.15, -0.1) is 0 Å². The Bertz CT molecular complexity index is 1150. The van der Waals surface area contributed by atoms with E-state index in [-0.39, 0.29) is 41.0 Å². The van der Waals surface area contributed by atoms with Gasteiger partial charge in [0, 0.05) is 29.6 Å². The normalized spacial score (nSPS) is 22.7. The molecule has 160 valence electrons. The van der Waals surface area contributed by atoms with Gasteiger partial charge in [-0.05, 0) is 42.2 Å². The Balaban J connectivity index is 1.84. The number of benzene rings is 2. The zero-order valence-electron chi connectivity index (χ0n) is 17.1. The lowest BCUT2D eigenvalue weighted by molar-refractivity contribution is -0.129. The number of hydrogen-bond acceptors (Lipinski definition) is 4. The predicted octanol–water partition coefficient (Wildman–Crippen LogP) is 3.22. The third kappa shape index (κ3) is 3.33. The fourth-order valence-corrected chi connectivity index (χ4v) is 5.04. The molecule has 2 radical (unpaired) electrons. The summed E-state index contributed by atoms with van der Waals surface area (Å²) in [4.78, 5) is 43.6. The van der Waals surface area contributed by atoms with Crippen LogP contribution in [0.1, 0.15) is 17.0 Å². The topological polar surface area (TPSA) is 84.7 Å². The molecule has 2 aliphatic rings. The monoisotopic (exact) mass is 466 g/mol. The van der Waals surface area contributed by atoms with Gasteiger partial charge in [0.25, 0.3) is 5.91 Å². The van der Waals surface area contributed by atoms with E-state index >= 15 is 0 Å². The third-order valence-electron chi connectivity index (χ3n) is 6.14. The van der Waals surface area contributed by atoms with E-state index in [4.69, 9.17) is 36.3 Å². The van der Waals surface area contributed by atoms with Crippen molar-refractivity contribution in [2.75, 3.05) is 25.0 Å². The quantitative estimate of drug-likeness (QED) is 0.513. The minimum atomic E-state index is -1.34. The maximum absolute atomic E-state index is 13.9. The number of likely N-dealkylation sites (tertiary alicyclic amines) is 1. The summed E-state index contributed by atoms with van der Waals surface area (Å²) in [5, 5.41) is 9.69. The first-order chi connectivity index (χ1) is 15.2. The third-order valence-corrected chi connectivity index (χ3v) is 6.57. The number of nitriles is 1. The van der Waals surface area contributed by atoms with E-state index in [0.717, 1.165) is 10.5 Å².